The first-order valence-electron chi connectivity index (χ1n) is 13.2. The van der Waals surface area contributed by atoms with Gasteiger partial charge >= 0.3 is 0 Å². The summed E-state index contributed by atoms with van der Waals surface area (Å²) in [5.41, 5.74) is 0. The minimum absolute atomic E-state index is 0.0407. The Hall–Kier alpha value is -1.54. The molecule has 4 atom stereocenters. The summed E-state index contributed by atoms with van der Waals surface area (Å²) in [5.74, 6) is -0.414. The Morgan fingerprint density at radius 2 is 1.54 bits per heavy atom. The molecule has 2 heterocycles. The van der Waals surface area contributed by atoms with Crippen molar-refractivity contribution in [1.29, 1.82) is 0 Å². The van der Waals surface area contributed by atoms with Gasteiger partial charge in [0.25, 0.3) is 8.32 Å². The van der Waals surface area contributed by atoms with Crippen molar-refractivity contribution in [2.24, 2.45) is 5.92 Å². The number of hydrogen-bond donors (Lipinski definition) is 1. The Morgan fingerprint density at radius 1 is 0.943 bits per heavy atom. The second-order valence-corrected chi connectivity index (χ2v) is 15.8. The highest BCUT2D eigenvalue weighted by atomic mass is 28.4. The van der Waals surface area contributed by atoms with Crippen LogP contribution >= 0.6 is 0 Å². The molecule has 1 unspecified atom stereocenters. The van der Waals surface area contributed by atoms with Crippen molar-refractivity contribution in [2.45, 2.75) is 88.6 Å². The van der Waals surface area contributed by atoms with Gasteiger partial charge < -0.3 is 23.7 Å². The Labute approximate surface area is 210 Å². The fourth-order valence-corrected chi connectivity index (χ4v) is 11.0. The third kappa shape index (κ3) is 4.89. The summed E-state index contributed by atoms with van der Waals surface area (Å²) in [6.07, 6.45) is 4.77. The lowest BCUT2D eigenvalue weighted by Crippen LogP contribution is -2.67. The van der Waals surface area contributed by atoms with Gasteiger partial charge in [-0.05, 0) is 28.3 Å². The Kier molecular flexibility index (Phi) is 7.23. The molecule has 1 aliphatic carbocycles. The topological polar surface area (TPSA) is 57.2 Å². The molecule has 2 saturated heterocycles. The summed E-state index contributed by atoms with van der Waals surface area (Å²) < 4.78 is 25.9. The number of aliphatic hydroxyl groups excluding tert-OH is 1. The molecule has 5 rings (SSSR count). The predicted molar refractivity (Wildman–Crippen MR) is 139 cm³/mol. The van der Waals surface area contributed by atoms with Gasteiger partial charge in [0.1, 0.15) is 6.10 Å². The molecule has 1 saturated carbocycles. The van der Waals surface area contributed by atoms with Crippen LogP contribution in [0.5, 0.6) is 0 Å². The van der Waals surface area contributed by atoms with E-state index in [0.717, 1.165) is 25.7 Å². The molecule has 0 amide bonds. The Balaban J connectivity index is 1.41. The number of hydrogen-bond acceptors (Lipinski definition) is 5. The highest BCUT2D eigenvalue weighted by molar-refractivity contribution is 6.99. The summed E-state index contributed by atoms with van der Waals surface area (Å²) in [6.45, 7) is 7.90. The first-order valence-corrected chi connectivity index (χ1v) is 15.1. The van der Waals surface area contributed by atoms with Crippen LogP contribution in [0.2, 0.25) is 5.04 Å². The van der Waals surface area contributed by atoms with E-state index in [1.807, 2.05) is 0 Å². The average Bonchev–Trinajstić information content (AvgIpc) is 3.43. The van der Waals surface area contributed by atoms with E-state index in [9.17, 15) is 5.11 Å². The van der Waals surface area contributed by atoms with Crippen molar-refractivity contribution in [3.8, 4) is 0 Å². The van der Waals surface area contributed by atoms with E-state index in [1.165, 1.54) is 16.8 Å². The SMILES string of the molecule is CC(C)(C)[Si](OC[C@@H]1CC(O)O[C@@H]1[C@H]1COC2(CCCCC2)O1)(c1ccccc1)c1ccccc1. The molecular formula is C29H40O5Si. The maximum Gasteiger partial charge on any atom is 0.261 e. The summed E-state index contributed by atoms with van der Waals surface area (Å²) in [5, 5.41) is 12.9. The van der Waals surface area contributed by atoms with E-state index in [-0.39, 0.29) is 23.2 Å². The summed E-state index contributed by atoms with van der Waals surface area (Å²) in [4.78, 5) is 0. The number of benzene rings is 2. The highest BCUT2D eigenvalue weighted by Gasteiger charge is 2.53. The van der Waals surface area contributed by atoms with Gasteiger partial charge in [-0.2, -0.15) is 0 Å². The van der Waals surface area contributed by atoms with E-state index in [0.29, 0.717) is 19.6 Å². The Bertz CT molecular complexity index is 915. The predicted octanol–water partition coefficient (Wildman–Crippen LogP) is 4.36. The standard InChI is InChI=1S/C29H40O5Si/c1-28(2,3)35(23-13-7-4-8-14-23,24-15-9-5-10-16-24)32-20-22-19-26(30)33-27(22)25-21-31-29(34-25)17-11-6-12-18-29/h4-5,7-10,13-16,22,25-27,30H,6,11-12,17-21H2,1-3H3/t22-,25+,26?,27-/m0/s1. The van der Waals surface area contributed by atoms with E-state index in [1.54, 1.807) is 0 Å². The molecule has 2 aromatic rings. The zero-order valence-electron chi connectivity index (χ0n) is 21.3. The molecule has 5 nitrogen and oxygen atoms in total. The maximum atomic E-state index is 10.5. The summed E-state index contributed by atoms with van der Waals surface area (Å²) >= 11 is 0. The van der Waals surface area contributed by atoms with Crippen LogP contribution in [0.25, 0.3) is 0 Å². The molecule has 0 bridgehead atoms. The fraction of sp³-hybridized carbons (Fsp3) is 0.586. The zero-order valence-corrected chi connectivity index (χ0v) is 22.3. The van der Waals surface area contributed by atoms with Crippen LogP contribution in [0.4, 0.5) is 0 Å². The van der Waals surface area contributed by atoms with E-state index in [2.05, 4.69) is 81.4 Å². The first-order chi connectivity index (χ1) is 16.8. The second-order valence-electron chi connectivity index (χ2n) is 11.5. The van der Waals surface area contributed by atoms with E-state index >= 15 is 0 Å². The molecule has 3 fully saturated rings. The van der Waals surface area contributed by atoms with Gasteiger partial charge in [0.2, 0.25) is 0 Å². The Morgan fingerprint density at radius 3 is 2.11 bits per heavy atom. The van der Waals surface area contributed by atoms with Crippen molar-refractivity contribution >= 4 is 18.7 Å². The summed E-state index contributed by atoms with van der Waals surface area (Å²) in [7, 11) is -2.66. The average molecular weight is 497 g/mol. The molecule has 3 aliphatic rings. The van der Waals surface area contributed by atoms with Crippen LogP contribution in [-0.2, 0) is 18.6 Å². The fourth-order valence-electron chi connectivity index (χ4n) is 6.38. The van der Waals surface area contributed by atoms with Gasteiger partial charge in [-0.25, -0.2) is 0 Å². The number of ether oxygens (including phenoxy) is 3. The number of aliphatic hydroxyl groups is 1. The van der Waals surface area contributed by atoms with Gasteiger partial charge in [0, 0.05) is 31.8 Å². The van der Waals surface area contributed by atoms with Crippen molar-refractivity contribution in [1.82, 2.24) is 0 Å². The lowest BCUT2D eigenvalue weighted by atomic mass is 9.94. The van der Waals surface area contributed by atoms with E-state index in [4.69, 9.17) is 18.6 Å². The highest BCUT2D eigenvalue weighted by Crippen LogP contribution is 2.43. The van der Waals surface area contributed by atoms with Crippen molar-refractivity contribution in [3.05, 3.63) is 60.7 Å². The molecule has 35 heavy (non-hydrogen) atoms. The molecule has 0 aromatic heterocycles. The third-order valence-corrected chi connectivity index (χ3v) is 13.1. The quantitative estimate of drug-likeness (QED) is 0.602. The summed E-state index contributed by atoms with van der Waals surface area (Å²) in [6, 6.07) is 21.4. The smallest absolute Gasteiger partial charge is 0.261 e. The monoisotopic (exact) mass is 496 g/mol. The van der Waals surface area contributed by atoms with Crippen LogP contribution in [0.15, 0.2) is 60.7 Å². The third-order valence-electron chi connectivity index (χ3n) is 8.07. The maximum absolute atomic E-state index is 10.5. The zero-order chi connectivity index (χ0) is 24.5. The van der Waals surface area contributed by atoms with E-state index < -0.39 is 20.4 Å². The van der Waals surface area contributed by atoms with Gasteiger partial charge in [-0.3, -0.25) is 0 Å². The molecule has 0 radical (unpaired) electrons. The number of rotatable bonds is 6. The first kappa shape index (κ1) is 25.1. The van der Waals surface area contributed by atoms with Crippen molar-refractivity contribution in [3.63, 3.8) is 0 Å². The van der Waals surface area contributed by atoms with Crippen LogP contribution in [-0.4, -0.2) is 50.9 Å². The van der Waals surface area contributed by atoms with Crippen LogP contribution in [0.1, 0.15) is 59.3 Å². The van der Waals surface area contributed by atoms with Crippen molar-refractivity contribution in [2.75, 3.05) is 13.2 Å². The molecule has 2 aromatic carbocycles. The second kappa shape index (κ2) is 10.1. The van der Waals surface area contributed by atoms with Gasteiger partial charge in [0.15, 0.2) is 12.1 Å². The molecule has 1 N–H and O–H groups in total. The molecular weight excluding hydrogens is 456 g/mol. The van der Waals surface area contributed by atoms with Crippen molar-refractivity contribution < 1.29 is 23.7 Å². The van der Waals surface area contributed by atoms with Crippen LogP contribution < -0.4 is 10.4 Å². The molecule has 6 heteroatoms. The minimum Gasteiger partial charge on any atom is -0.407 e. The molecule has 1 spiro atoms. The van der Waals surface area contributed by atoms with Gasteiger partial charge in [-0.15, -0.1) is 0 Å². The molecule has 2 aliphatic heterocycles. The minimum atomic E-state index is -2.66. The molecule has 190 valence electrons. The van der Waals surface area contributed by atoms with Crippen LogP contribution in [0.3, 0.4) is 0 Å². The largest absolute Gasteiger partial charge is 0.407 e. The lowest BCUT2D eigenvalue weighted by Gasteiger charge is -2.44. The normalized spacial score (nSPS) is 29.0. The lowest BCUT2D eigenvalue weighted by molar-refractivity contribution is -0.206. The van der Waals surface area contributed by atoms with Gasteiger partial charge in [-0.1, -0.05) is 87.9 Å². The van der Waals surface area contributed by atoms with Gasteiger partial charge in [0.05, 0.1) is 12.7 Å². The van der Waals surface area contributed by atoms with Crippen LogP contribution in [0, 0.1) is 5.92 Å².